The molecule has 1 saturated heterocycles. The van der Waals surface area contributed by atoms with Crippen LogP contribution < -0.4 is 5.32 Å². The van der Waals surface area contributed by atoms with Gasteiger partial charge in [-0.3, -0.25) is 19.9 Å². The lowest BCUT2D eigenvalue weighted by molar-refractivity contribution is -0.118. The van der Waals surface area contributed by atoms with E-state index in [1.165, 1.54) is 0 Å². The molecule has 5 heteroatoms. The normalized spacial score (nSPS) is 20.9. The summed E-state index contributed by atoms with van der Waals surface area (Å²) in [5.41, 5.74) is 0.908. The van der Waals surface area contributed by atoms with Gasteiger partial charge in [0, 0.05) is 6.21 Å². The summed E-state index contributed by atoms with van der Waals surface area (Å²) in [6.07, 6.45) is 1.59. The van der Waals surface area contributed by atoms with Crippen LogP contribution in [-0.4, -0.2) is 22.7 Å². The molecule has 0 aromatic heterocycles. The van der Waals surface area contributed by atoms with Crippen molar-refractivity contribution in [2.24, 2.45) is 4.99 Å². The molecule has 1 unspecified atom stereocenters. The molecule has 0 radical (unpaired) electrons. The SMILES string of the molecule is O=C1NC(=O)C(N=Cc2ccccc2)S1. The first-order valence-corrected chi connectivity index (χ1v) is 5.23. The first-order valence-electron chi connectivity index (χ1n) is 4.35. The van der Waals surface area contributed by atoms with Crippen molar-refractivity contribution in [3.63, 3.8) is 0 Å². The number of carbonyl (C=O) groups excluding carboxylic acids is 2. The van der Waals surface area contributed by atoms with Gasteiger partial charge in [-0.15, -0.1) is 0 Å². The first-order chi connectivity index (χ1) is 7.25. The molecule has 2 rings (SSSR count). The minimum Gasteiger partial charge on any atom is -0.284 e. The van der Waals surface area contributed by atoms with Crippen LogP contribution in [0.4, 0.5) is 4.79 Å². The van der Waals surface area contributed by atoms with Crippen LogP contribution in [0.3, 0.4) is 0 Å². The quantitative estimate of drug-likeness (QED) is 0.767. The van der Waals surface area contributed by atoms with Crippen LogP contribution in [0.1, 0.15) is 5.56 Å². The van der Waals surface area contributed by atoms with Crippen LogP contribution in [0.2, 0.25) is 0 Å². The van der Waals surface area contributed by atoms with E-state index in [-0.39, 0.29) is 11.1 Å². The number of benzene rings is 1. The molecule has 0 bridgehead atoms. The highest BCUT2D eigenvalue weighted by molar-refractivity contribution is 8.15. The van der Waals surface area contributed by atoms with Gasteiger partial charge >= 0.3 is 0 Å². The predicted molar refractivity (Wildman–Crippen MR) is 59.0 cm³/mol. The van der Waals surface area contributed by atoms with Crippen LogP contribution >= 0.6 is 11.8 Å². The lowest BCUT2D eigenvalue weighted by atomic mass is 10.2. The molecule has 1 aromatic carbocycles. The average molecular weight is 220 g/mol. The number of hydrogen-bond acceptors (Lipinski definition) is 4. The predicted octanol–water partition coefficient (Wildman–Crippen LogP) is 1.41. The Hall–Kier alpha value is -1.62. The maximum atomic E-state index is 11.1. The Labute approximate surface area is 90.8 Å². The smallest absolute Gasteiger partial charge is 0.284 e. The van der Waals surface area contributed by atoms with Crippen molar-refractivity contribution in [1.29, 1.82) is 0 Å². The van der Waals surface area contributed by atoms with E-state index in [2.05, 4.69) is 10.3 Å². The lowest BCUT2D eigenvalue weighted by Crippen LogP contribution is -2.23. The van der Waals surface area contributed by atoms with E-state index < -0.39 is 5.37 Å². The fraction of sp³-hybridized carbons (Fsp3) is 0.100. The van der Waals surface area contributed by atoms with Crippen molar-refractivity contribution in [3.05, 3.63) is 35.9 Å². The third-order valence-electron chi connectivity index (χ3n) is 1.83. The number of rotatable bonds is 2. The summed E-state index contributed by atoms with van der Waals surface area (Å²) in [5.74, 6) is -0.350. The van der Waals surface area contributed by atoms with Crippen LogP contribution in [0.25, 0.3) is 0 Å². The largest absolute Gasteiger partial charge is 0.288 e. The minimum absolute atomic E-state index is 0.338. The van der Waals surface area contributed by atoms with Crippen molar-refractivity contribution in [2.45, 2.75) is 5.37 Å². The molecule has 15 heavy (non-hydrogen) atoms. The van der Waals surface area contributed by atoms with Crippen molar-refractivity contribution in [2.75, 3.05) is 0 Å². The molecule has 0 saturated carbocycles. The zero-order chi connectivity index (χ0) is 10.7. The van der Waals surface area contributed by atoms with Gasteiger partial charge in [0.2, 0.25) is 0 Å². The van der Waals surface area contributed by atoms with Crippen molar-refractivity contribution in [1.82, 2.24) is 5.32 Å². The second kappa shape index (κ2) is 4.27. The summed E-state index contributed by atoms with van der Waals surface area (Å²) in [4.78, 5) is 26.0. The molecule has 0 spiro atoms. The maximum Gasteiger partial charge on any atom is 0.288 e. The lowest BCUT2D eigenvalue weighted by Gasteiger charge is -1.96. The average Bonchev–Trinajstić information content (AvgIpc) is 2.56. The molecule has 4 nitrogen and oxygen atoms in total. The Morgan fingerprint density at radius 1 is 1.27 bits per heavy atom. The first kappa shape index (κ1) is 9.92. The fourth-order valence-corrected chi connectivity index (χ4v) is 1.79. The zero-order valence-corrected chi connectivity index (χ0v) is 8.53. The van der Waals surface area contributed by atoms with Gasteiger partial charge in [0.1, 0.15) is 0 Å². The van der Waals surface area contributed by atoms with Crippen LogP contribution in [0.5, 0.6) is 0 Å². The Kier molecular flexibility index (Phi) is 2.82. The summed E-state index contributed by atoms with van der Waals surface area (Å²) in [7, 11) is 0. The highest BCUT2D eigenvalue weighted by Gasteiger charge is 2.30. The third-order valence-corrected chi connectivity index (χ3v) is 2.70. The van der Waals surface area contributed by atoms with E-state index in [0.29, 0.717) is 0 Å². The molecular weight excluding hydrogens is 212 g/mol. The van der Waals surface area contributed by atoms with Crippen molar-refractivity contribution >= 4 is 29.1 Å². The molecule has 1 aliphatic rings. The molecule has 1 aliphatic heterocycles. The van der Waals surface area contributed by atoms with Gasteiger partial charge < -0.3 is 0 Å². The third kappa shape index (κ3) is 2.44. The Bertz CT molecular complexity index is 417. The Morgan fingerprint density at radius 2 is 2.00 bits per heavy atom. The molecule has 1 fully saturated rings. The molecule has 1 N–H and O–H groups in total. The number of aliphatic imine (C=N–C) groups is 1. The van der Waals surface area contributed by atoms with E-state index in [1.54, 1.807) is 6.21 Å². The van der Waals surface area contributed by atoms with E-state index >= 15 is 0 Å². The van der Waals surface area contributed by atoms with Gasteiger partial charge in [0.05, 0.1) is 0 Å². The number of carbonyl (C=O) groups is 2. The van der Waals surface area contributed by atoms with Gasteiger partial charge in [-0.1, -0.05) is 30.3 Å². The number of imide groups is 1. The molecule has 1 atom stereocenters. The Morgan fingerprint density at radius 3 is 2.60 bits per heavy atom. The molecule has 2 amide bonds. The van der Waals surface area contributed by atoms with E-state index in [0.717, 1.165) is 17.3 Å². The maximum absolute atomic E-state index is 11.1. The second-order valence-corrected chi connectivity index (χ2v) is 3.99. The van der Waals surface area contributed by atoms with Crippen LogP contribution in [0.15, 0.2) is 35.3 Å². The molecule has 76 valence electrons. The highest BCUT2D eigenvalue weighted by Crippen LogP contribution is 2.19. The minimum atomic E-state index is -0.641. The number of amides is 2. The number of nitrogens with one attached hydrogen (secondary N) is 1. The molecule has 1 aromatic rings. The monoisotopic (exact) mass is 220 g/mol. The summed E-state index contributed by atoms with van der Waals surface area (Å²) in [6, 6.07) is 9.42. The molecular formula is C10H8N2O2S. The van der Waals surface area contributed by atoms with Gasteiger partial charge in [-0.05, 0) is 17.3 Å². The van der Waals surface area contributed by atoms with Gasteiger partial charge in [0.15, 0.2) is 5.37 Å². The summed E-state index contributed by atoms with van der Waals surface area (Å²) < 4.78 is 0. The van der Waals surface area contributed by atoms with E-state index in [1.807, 2.05) is 30.3 Å². The van der Waals surface area contributed by atoms with Gasteiger partial charge in [-0.25, -0.2) is 0 Å². The van der Waals surface area contributed by atoms with Gasteiger partial charge in [0.25, 0.3) is 11.1 Å². The van der Waals surface area contributed by atoms with E-state index in [9.17, 15) is 9.59 Å². The number of hydrogen-bond donors (Lipinski definition) is 1. The molecule has 1 heterocycles. The van der Waals surface area contributed by atoms with Crippen molar-refractivity contribution < 1.29 is 9.59 Å². The number of thioether (sulfide) groups is 1. The summed E-state index contributed by atoms with van der Waals surface area (Å²) in [6.45, 7) is 0. The highest BCUT2D eigenvalue weighted by atomic mass is 32.2. The van der Waals surface area contributed by atoms with E-state index in [4.69, 9.17) is 0 Å². The summed E-state index contributed by atoms with van der Waals surface area (Å²) >= 11 is 0.895. The second-order valence-electron chi connectivity index (χ2n) is 2.94. The van der Waals surface area contributed by atoms with Crippen molar-refractivity contribution in [3.8, 4) is 0 Å². The topological polar surface area (TPSA) is 58.5 Å². The zero-order valence-electron chi connectivity index (χ0n) is 7.71. The molecule has 0 aliphatic carbocycles. The fourth-order valence-electron chi connectivity index (χ4n) is 1.14. The Balaban J connectivity index is 2.06. The standard InChI is InChI=1S/C10H8N2O2S/c13-8-9(15-10(14)12-8)11-6-7-4-2-1-3-5-7/h1-6,9H,(H,12,13,14). The number of nitrogens with zero attached hydrogens (tertiary/aromatic N) is 1. The van der Waals surface area contributed by atoms with Gasteiger partial charge in [-0.2, -0.15) is 0 Å². The summed E-state index contributed by atoms with van der Waals surface area (Å²) in [5, 5.41) is 1.20. The van der Waals surface area contributed by atoms with Crippen LogP contribution in [0, 0.1) is 0 Å². The van der Waals surface area contributed by atoms with Crippen LogP contribution in [-0.2, 0) is 4.79 Å².